The second-order valence-electron chi connectivity index (χ2n) is 5.53. The second-order valence-corrected chi connectivity index (χ2v) is 6.48. The van der Waals surface area contributed by atoms with Crippen LogP contribution in [0.2, 0.25) is 0 Å². The normalized spacial score (nSPS) is 25.6. The molecule has 0 aromatic carbocycles. The lowest BCUT2D eigenvalue weighted by Crippen LogP contribution is -2.51. The van der Waals surface area contributed by atoms with Gasteiger partial charge in [-0.1, -0.05) is 13.3 Å². The van der Waals surface area contributed by atoms with Crippen LogP contribution in [-0.4, -0.2) is 28.1 Å². The lowest BCUT2D eigenvalue weighted by molar-refractivity contribution is -0.151. The summed E-state index contributed by atoms with van der Waals surface area (Å²) < 4.78 is 0. The molecule has 1 saturated heterocycles. The maximum absolute atomic E-state index is 11.8. The molecular formula is C15H23NO2S. The number of carbonyl (C=O) groups is 1. The number of aliphatic carboxylic acids is 1. The van der Waals surface area contributed by atoms with E-state index in [2.05, 4.69) is 37.1 Å². The summed E-state index contributed by atoms with van der Waals surface area (Å²) in [5.74, 6) is -0.645. The Balaban J connectivity index is 2.31. The van der Waals surface area contributed by atoms with E-state index in [1.807, 2.05) is 0 Å². The Hall–Kier alpha value is -0.870. The Morgan fingerprint density at radius 1 is 1.63 bits per heavy atom. The molecule has 0 aliphatic carbocycles. The van der Waals surface area contributed by atoms with Gasteiger partial charge in [0.1, 0.15) is 5.54 Å². The Kier molecular flexibility index (Phi) is 4.31. The SMILES string of the molecule is CCCC1(C(=O)O)CCCN1C(C)c1sccc1C. The largest absolute Gasteiger partial charge is 0.480 e. The van der Waals surface area contributed by atoms with Crippen LogP contribution in [-0.2, 0) is 4.79 Å². The summed E-state index contributed by atoms with van der Waals surface area (Å²) in [4.78, 5) is 15.4. The summed E-state index contributed by atoms with van der Waals surface area (Å²) in [6.07, 6.45) is 3.43. The quantitative estimate of drug-likeness (QED) is 0.891. The minimum absolute atomic E-state index is 0.199. The highest BCUT2D eigenvalue weighted by Crippen LogP contribution is 2.41. The number of carboxylic acid groups (broad SMARTS) is 1. The average molecular weight is 281 g/mol. The smallest absolute Gasteiger partial charge is 0.324 e. The van der Waals surface area contributed by atoms with Crippen LogP contribution in [0.3, 0.4) is 0 Å². The molecule has 1 N–H and O–H groups in total. The van der Waals surface area contributed by atoms with Crippen LogP contribution in [0.15, 0.2) is 11.4 Å². The number of carboxylic acids is 1. The van der Waals surface area contributed by atoms with Crippen LogP contribution in [0.5, 0.6) is 0 Å². The van der Waals surface area contributed by atoms with Gasteiger partial charge in [-0.25, -0.2) is 0 Å². The van der Waals surface area contributed by atoms with Gasteiger partial charge in [-0.3, -0.25) is 9.69 Å². The first-order valence-electron chi connectivity index (χ1n) is 7.07. The molecular weight excluding hydrogens is 258 g/mol. The molecule has 19 heavy (non-hydrogen) atoms. The predicted molar refractivity (Wildman–Crippen MR) is 78.7 cm³/mol. The first-order valence-corrected chi connectivity index (χ1v) is 7.95. The fourth-order valence-corrected chi connectivity index (χ4v) is 4.43. The molecule has 2 rings (SSSR count). The molecule has 1 aromatic rings. The fraction of sp³-hybridized carbons (Fsp3) is 0.667. The topological polar surface area (TPSA) is 40.5 Å². The average Bonchev–Trinajstić information content (AvgIpc) is 2.96. The molecule has 1 aliphatic rings. The van der Waals surface area contributed by atoms with Gasteiger partial charge in [-0.2, -0.15) is 0 Å². The van der Waals surface area contributed by atoms with Gasteiger partial charge in [0.15, 0.2) is 0 Å². The minimum Gasteiger partial charge on any atom is -0.480 e. The van der Waals surface area contributed by atoms with E-state index in [4.69, 9.17) is 0 Å². The van der Waals surface area contributed by atoms with E-state index in [1.165, 1.54) is 10.4 Å². The Morgan fingerprint density at radius 2 is 2.37 bits per heavy atom. The lowest BCUT2D eigenvalue weighted by Gasteiger charge is -2.38. The van der Waals surface area contributed by atoms with Gasteiger partial charge in [0, 0.05) is 10.9 Å². The van der Waals surface area contributed by atoms with E-state index in [0.717, 1.165) is 32.2 Å². The van der Waals surface area contributed by atoms with Crippen LogP contribution < -0.4 is 0 Å². The first kappa shape index (κ1) is 14.5. The number of rotatable bonds is 5. The highest BCUT2D eigenvalue weighted by Gasteiger charge is 2.49. The van der Waals surface area contributed by atoms with Crippen LogP contribution in [0.4, 0.5) is 0 Å². The first-order chi connectivity index (χ1) is 9.03. The molecule has 0 spiro atoms. The second kappa shape index (κ2) is 5.63. The zero-order valence-electron chi connectivity index (χ0n) is 12.0. The molecule has 1 aromatic heterocycles. The van der Waals surface area contributed by atoms with Crippen molar-refractivity contribution in [2.75, 3.05) is 6.54 Å². The van der Waals surface area contributed by atoms with Crippen molar-refractivity contribution in [2.24, 2.45) is 0 Å². The van der Waals surface area contributed by atoms with Crippen LogP contribution in [0.1, 0.15) is 56.0 Å². The summed E-state index contributed by atoms with van der Waals surface area (Å²) in [5.41, 5.74) is 0.630. The van der Waals surface area contributed by atoms with Gasteiger partial charge in [0.25, 0.3) is 0 Å². The van der Waals surface area contributed by atoms with Crippen molar-refractivity contribution in [1.29, 1.82) is 0 Å². The molecule has 1 fully saturated rings. The van der Waals surface area contributed by atoms with E-state index < -0.39 is 11.5 Å². The van der Waals surface area contributed by atoms with Crippen molar-refractivity contribution in [3.63, 3.8) is 0 Å². The standard InChI is InChI=1S/C15H23NO2S/c1-4-7-15(14(17)18)8-5-9-16(15)12(3)13-11(2)6-10-19-13/h6,10,12H,4-5,7-9H2,1-3H3,(H,17,18). The molecule has 106 valence electrons. The van der Waals surface area contributed by atoms with Gasteiger partial charge in [-0.15, -0.1) is 11.3 Å². The van der Waals surface area contributed by atoms with Gasteiger partial charge in [0.2, 0.25) is 0 Å². The van der Waals surface area contributed by atoms with Gasteiger partial charge in [0.05, 0.1) is 0 Å². The zero-order chi connectivity index (χ0) is 14.0. The molecule has 0 amide bonds. The van der Waals surface area contributed by atoms with Crippen molar-refractivity contribution in [1.82, 2.24) is 4.90 Å². The monoisotopic (exact) mass is 281 g/mol. The Morgan fingerprint density at radius 3 is 2.89 bits per heavy atom. The number of likely N-dealkylation sites (tertiary alicyclic amines) is 1. The van der Waals surface area contributed by atoms with E-state index in [9.17, 15) is 9.90 Å². The zero-order valence-corrected chi connectivity index (χ0v) is 12.8. The summed E-state index contributed by atoms with van der Waals surface area (Å²) in [7, 11) is 0. The number of thiophene rings is 1. The highest BCUT2D eigenvalue weighted by atomic mass is 32.1. The van der Waals surface area contributed by atoms with Crippen LogP contribution in [0, 0.1) is 6.92 Å². The molecule has 2 heterocycles. The van der Waals surface area contributed by atoms with Gasteiger partial charge in [-0.05, 0) is 56.7 Å². The highest BCUT2D eigenvalue weighted by molar-refractivity contribution is 7.10. The van der Waals surface area contributed by atoms with Crippen LogP contribution >= 0.6 is 11.3 Å². The van der Waals surface area contributed by atoms with Gasteiger partial charge < -0.3 is 5.11 Å². The molecule has 0 bridgehead atoms. The van der Waals surface area contributed by atoms with E-state index >= 15 is 0 Å². The molecule has 1 aliphatic heterocycles. The summed E-state index contributed by atoms with van der Waals surface area (Å²) in [6.45, 7) is 7.23. The Labute approximate surface area is 119 Å². The van der Waals surface area contributed by atoms with Crippen molar-refractivity contribution in [2.45, 2.75) is 58.0 Å². The summed E-state index contributed by atoms with van der Waals surface area (Å²) >= 11 is 1.74. The summed E-state index contributed by atoms with van der Waals surface area (Å²) in [5, 5.41) is 11.8. The molecule has 2 unspecified atom stereocenters. The van der Waals surface area contributed by atoms with Crippen molar-refractivity contribution >= 4 is 17.3 Å². The van der Waals surface area contributed by atoms with E-state index in [0.29, 0.717) is 0 Å². The van der Waals surface area contributed by atoms with Gasteiger partial charge >= 0.3 is 5.97 Å². The molecule has 2 atom stereocenters. The number of aryl methyl sites for hydroxylation is 1. The van der Waals surface area contributed by atoms with Crippen molar-refractivity contribution < 1.29 is 9.90 Å². The third kappa shape index (κ3) is 2.43. The van der Waals surface area contributed by atoms with Crippen molar-refractivity contribution in [3.05, 3.63) is 21.9 Å². The fourth-order valence-electron chi connectivity index (χ4n) is 3.44. The molecule has 0 saturated carbocycles. The number of nitrogens with zero attached hydrogens (tertiary/aromatic N) is 1. The molecule has 4 heteroatoms. The third-order valence-electron chi connectivity index (χ3n) is 4.35. The Bertz CT molecular complexity index is 457. The van der Waals surface area contributed by atoms with Crippen molar-refractivity contribution in [3.8, 4) is 0 Å². The maximum atomic E-state index is 11.8. The lowest BCUT2D eigenvalue weighted by atomic mass is 9.89. The third-order valence-corrected chi connectivity index (χ3v) is 5.54. The molecule has 0 radical (unpaired) electrons. The van der Waals surface area contributed by atoms with E-state index in [1.54, 1.807) is 11.3 Å². The number of hydrogen-bond donors (Lipinski definition) is 1. The molecule has 3 nitrogen and oxygen atoms in total. The van der Waals surface area contributed by atoms with E-state index in [-0.39, 0.29) is 6.04 Å². The maximum Gasteiger partial charge on any atom is 0.324 e. The minimum atomic E-state index is -0.648. The summed E-state index contributed by atoms with van der Waals surface area (Å²) in [6, 6.07) is 2.32. The predicted octanol–water partition coefficient (Wildman–Crippen LogP) is 3.84. The number of hydrogen-bond acceptors (Lipinski definition) is 3. The van der Waals surface area contributed by atoms with Crippen LogP contribution in [0.25, 0.3) is 0 Å².